The predicted molar refractivity (Wildman–Crippen MR) is 114 cm³/mol. The van der Waals surface area contributed by atoms with Crippen LogP contribution in [0, 0.1) is 5.92 Å². The second-order valence-corrected chi connectivity index (χ2v) is 7.33. The molecule has 0 aromatic heterocycles. The quantitative estimate of drug-likeness (QED) is 0.637. The minimum Gasteiger partial charge on any atom is -0.287 e. The lowest BCUT2D eigenvalue weighted by Gasteiger charge is -2.46. The van der Waals surface area contributed by atoms with Crippen molar-refractivity contribution in [3.05, 3.63) is 102 Å². The molecule has 29 heavy (non-hydrogen) atoms. The van der Waals surface area contributed by atoms with E-state index in [1.165, 1.54) is 0 Å². The van der Waals surface area contributed by atoms with Gasteiger partial charge < -0.3 is 0 Å². The van der Waals surface area contributed by atoms with E-state index >= 15 is 0 Å². The summed E-state index contributed by atoms with van der Waals surface area (Å²) in [5.41, 5.74) is 3.60. The summed E-state index contributed by atoms with van der Waals surface area (Å²) in [7, 11) is 0. The van der Waals surface area contributed by atoms with Crippen molar-refractivity contribution in [1.82, 2.24) is 0 Å². The third kappa shape index (κ3) is 2.93. The molecule has 2 aliphatic rings. The highest BCUT2D eigenvalue weighted by Crippen LogP contribution is 2.38. The SMILES string of the molecule is O=C1[C@@H](Cc2ccccc2)C(=O)N2c3ccccc3C=C[C@H]2N1c1ccccc1. The molecule has 2 amide bonds. The molecular formula is C25H20N2O2. The molecule has 0 unspecified atom stereocenters. The average molecular weight is 380 g/mol. The summed E-state index contributed by atoms with van der Waals surface area (Å²) in [4.78, 5) is 30.6. The Kier molecular flexibility index (Phi) is 4.24. The normalized spacial score (nSPS) is 20.4. The molecule has 5 rings (SSSR count). The van der Waals surface area contributed by atoms with Crippen LogP contribution >= 0.6 is 0 Å². The molecule has 142 valence electrons. The molecule has 0 N–H and O–H groups in total. The summed E-state index contributed by atoms with van der Waals surface area (Å²) < 4.78 is 0. The first-order valence-corrected chi connectivity index (χ1v) is 9.76. The predicted octanol–water partition coefficient (Wildman–Crippen LogP) is 4.28. The van der Waals surface area contributed by atoms with E-state index in [1.807, 2.05) is 97.1 Å². The number of benzene rings is 3. The summed E-state index contributed by atoms with van der Waals surface area (Å²) in [6.45, 7) is 0. The van der Waals surface area contributed by atoms with Crippen LogP contribution in [0.2, 0.25) is 0 Å². The van der Waals surface area contributed by atoms with Crippen LogP contribution in [-0.2, 0) is 16.0 Å². The second kappa shape index (κ2) is 7.06. The van der Waals surface area contributed by atoms with Gasteiger partial charge in [0.05, 0.1) is 5.69 Å². The Morgan fingerprint density at radius 2 is 1.31 bits per heavy atom. The molecule has 0 saturated carbocycles. The van der Waals surface area contributed by atoms with Crippen LogP contribution in [0.4, 0.5) is 11.4 Å². The summed E-state index contributed by atoms with van der Waals surface area (Å²) in [5.74, 6) is -1.06. The number of nitrogens with zero attached hydrogens (tertiary/aromatic N) is 2. The molecular weight excluding hydrogens is 360 g/mol. The summed E-state index contributed by atoms with van der Waals surface area (Å²) in [6.07, 6.45) is 3.85. The van der Waals surface area contributed by atoms with Crippen molar-refractivity contribution < 1.29 is 9.59 Å². The second-order valence-electron chi connectivity index (χ2n) is 7.33. The molecule has 0 spiro atoms. The molecule has 1 fully saturated rings. The number of amides is 2. The molecule has 2 atom stereocenters. The largest absolute Gasteiger partial charge is 0.287 e. The van der Waals surface area contributed by atoms with E-state index in [0.29, 0.717) is 6.42 Å². The van der Waals surface area contributed by atoms with Gasteiger partial charge in [0.2, 0.25) is 11.8 Å². The first kappa shape index (κ1) is 17.4. The van der Waals surface area contributed by atoms with Gasteiger partial charge in [0.1, 0.15) is 12.1 Å². The monoisotopic (exact) mass is 380 g/mol. The lowest BCUT2D eigenvalue weighted by molar-refractivity contribution is -0.135. The fraction of sp³-hybridized carbons (Fsp3) is 0.120. The Morgan fingerprint density at radius 1 is 0.690 bits per heavy atom. The van der Waals surface area contributed by atoms with Gasteiger partial charge in [0, 0.05) is 5.69 Å². The molecule has 0 bridgehead atoms. The van der Waals surface area contributed by atoms with E-state index < -0.39 is 12.1 Å². The summed E-state index contributed by atoms with van der Waals surface area (Å²) in [5, 5.41) is 0. The minimum absolute atomic E-state index is 0.146. The molecule has 3 aromatic rings. The van der Waals surface area contributed by atoms with Gasteiger partial charge in [0.25, 0.3) is 0 Å². The van der Waals surface area contributed by atoms with Gasteiger partial charge >= 0.3 is 0 Å². The molecule has 1 saturated heterocycles. The van der Waals surface area contributed by atoms with E-state index in [2.05, 4.69) is 0 Å². The van der Waals surface area contributed by atoms with Crippen LogP contribution in [-0.4, -0.2) is 18.0 Å². The summed E-state index contributed by atoms with van der Waals surface area (Å²) in [6, 6.07) is 27.1. The molecule has 2 heterocycles. The zero-order chi connectivity index (χ0) is 19.8. The Balaban J connectivity index is 1.62. The minimum atomic E-state index is -0.756. The van der Waals surface area contributed by atoms with Crippen molar-refractivity contribution in [1.29, 1.82) is 0 Å². The lowest BCUT2D eigenvalue weighted by Crippen LogP contribution is -2.64. The molecule has 4 heteroatoms. The van der Waals surface area contributed by atoms with Crippen molar-refractivity contribution in [2.45, 2.75) is 12.6 Å². The fourth-order valence-electron chi connectivity index (χ4n) is 4.18. The van der Waals surface area contributed by atoms with Crippen LogP contribution in [0.3, 0.4) is 0 Å². The third-order valence-corrected chi connectivity index (χ3v) is 5.56. The van der Waals surface area contributed by atoms with Gasteiger partial charge in [-0.25, -0.2) is 0 Å². The Hall–Kier alpha value is -3.66. The van der Waals surface area contributed by atoms with E-state index in [-0.39, 0.29) is 11.8 Å². The van der Waals surface area contributed by atoms with Crippen LogP contribution in [0.1, 0.15) is 11.1 Å². The van der Waals surface area contributed by atoms with Crippen LogP contribution < -0.4 is 9.80 Å². The standard InChI is InChI=1S/C25H20N2O2/c28-24-21(17-18-9-3-1-4-10-18)25(29)27-22-14-8-7-11-19(22)15-16-23(27)26(24)20-12-5-2-6-13-20/h1-16,21,23H,17H2/t21-,23+/m1/s1. The van der Waals surface area contributed by atoms with Crippen LogP contribution in [0.15, 0.2) is 91.0 Å². The van der Waals surface area contributed by atoms with Crippen molar-refractivity contribution in [3.63, 3.8) is 0 Å². The zero-order valence-corrected chi connectivity index (χ0v) is 15.8. The third-order valence-electron chi connectivity index (χ3n) is 5.56. The first-order chi connectivity index (χ1) is 14.2. The molecule has 4 nitrogen and oxygen atoms in total. The Morgan fingerprint density at radius 3 is 2.07 bits per heavy atom. The number of carbonyl (C=O) groups is 2. The highest BCUT2D eigenvalue weighted by atomic mass is 16.2. The number of hydrogen-bond acceptors (Lipinski definition) is 2. The van der Waals surface area contributed by atoms with Gasteiger partial charge in [-0.05, 0) is 41.8 Å². The van der Waals surface area contributed by atoms with E-state index in [0.717, 1.165) is 22.5 Å². The van der Waals surface area contributed by atoms with Crippen molar-refractivity contribution in [2.24, 2.45) is 5.92 Å². The van der Waals surface area contributed by atoms with Crippen LogP contribution in [0.25, 0.3) is 6.08 Å². The zero-order valence-electron chi connectivity index (χ0n) is 15.8. The van der Waals surface area contributed by atoms with E-state index in [9.17, 15) is 9.59 Å². The smallest absolute Gasteiger partial charge is 0.241 e. The van der Waals surface area contributed by atoms with Gasteiger partial charge in [-0.3, -0.25) is 19.4 Å². The van der Waals surface area contributed by atoms with Gasteiger partial charge in [0.15, 0.2) is 0 Å². The number of carbonyl (C=O) groups excluding carboxylic acids is 2. The van der Waals surface area contributed by atoms with Crippen molar-refractivity contribution in [2.75, 3.05) is 9.80 Å². The van der Waals surface area contributed by atoms with E-state index in [4.69, 9.17) is 0 Å². The molecule has 0 aliphatic carbocycles. The fourth-order valence-corrected chi connectivity index (χ4v) is 4.18. The van der Waals surface area contributed by atoms with Gasteiger partial charge in [-0.1, -0.05) is 72.8 Å². The maximum atomic E-state index is 13.6. The number of hydrogen-bond donors (Lipinski definition) is 0. The number of rotatable bonds is 3. The maximum absolute atomic E-state index is 13.6. The van der Waals surface area contributed by atoms with Gasteiger partial charge in [-0.15, -0.1) is 0 Å². The van der Waals surface area contributed by atoms with Crippen molar-refractivity contribution in [3.8, 4) is 0 Å². The van der Waals surface area contributed by atoms with E-state index in [1.54, 1.807) is 9.80 Å². The Labute approximate surface area is 169 Å². The topological polar surface area (TPSA) is 40.6 Å². The van der Waals surface area contributed by atoms with Crippen molar-refractivity contribution >= 4 is 29.3 Å². The highest BCUT2D eigenvalue weighted by Gasteiger charge is 2.47. The van der Waals surface area contributed by atoms with Gasteiger partial charge in [-0.2, -0.15) is 0 Å². The number of para-hydroxylation sites is 2. The average Bonchev–Trinajstić information content (AvgIpc) is 2.78. The summed E-state index contributed by atoms with van der Waals surface area (Å²) >= 11 is 0. The highest BCUT2D eigenvalue weighted by molar-refractivity contribution is 6.18. The van der Waals surface area contributed by atoms with Crippen LogP contribution in [0.5, 0.6) is 0 Å². The number of fused-ring (bicyclic) bond motifs is 3. The lowest BCUT2D eigenvalue weighted by atomic mass is 9.91. The maximum Gasteiger partial charge on any atom is 0.241 e. The molecule has 2 aliphatic heterocycles. The Bertz CT molecular complexity index is 1090. The molecule has 3 aromatic carbocycles. The first-order valence-electron chi connectivity index (χ1n) is 9.76. The number of anilines is 2. The molecule has 0 radical (unpaired) electrons.